The van der Waals surface area contributed by atoms with Crippen molar-refractivity contribution in [2.45, 2.75) is 45.9 Å². The number of ether oxygens (including phenoxy) is 1. The van der Waals surface area contributed by atoms with E-state index >= 15 is 0 Å². The quantitative estimate of drug-likeness (QED) is 0.583. The summed E-state index contributed by atoms with van der Waals surface area (Å²) in [5.41, 5.74) is 1.25. The maximum atomic E-state index is 5.66. The van der Waals surface area contributed by atoms with Gasteiger partial charge in [0.15, 0.2) is 0 Å². The zero-order chi connectivity index (χ0) is 12.1. The van der Waals surface area contributed by atoms with Gasteiger partial charge in [0.05, 0.1) is 6.61 Å². The molecule has 1 heterocycles. The van der Waals surface area contributed by atoms with E-state index in [1.165, 1.54) is 18.4 Å². The van der Waals surface area contributed by atoms with Gasteiger partial charge in [-0.1, -0.05) is 12.2 Å². The maximum Gasteiger partial charge on any atom is 0.130 e. The van der Waals surface area contributed by atoms with E-state index in [1.807, 2.05) is 26.0 Å². The molecule has 1 saturated carbocycles. The van der Waals surface area contributed by atoms with E-state index < -0.39 is 0 Å². The first-order valence-electron chi connectivity index (χ1n) is 6.30. The van der Waals surface area contributed by atoms with E-state index in [4.69, 9.17) is 9.15 Å². The summed E-state index contributed by atoms with van der Waals surface area (Å²) in [5.74, 6) is 1.92. The Balaban J connectivity index is 1.79. The van der Waals surface area contributed by atoms with Crippen LogP contribution in [0.4, 0.5) is 0 Å². The molecule has 1 aliphatic carbocycles. The Morgan fingerprint density at radius 3 is 3.06 bits per heavy atom. The first kappa shape index (κ1) is 12.4. The Labute approximate surface area is 103 Å². The largest absolute Gasteiger partial charge is 0.464 e. The fourth-order valence-electron chi connectivity index (χ4n) is 1.70. The molecule has 1 aromatic rings. The van der Waals surface area contributed by atoms with Crippen LogP contribution in [-0.2, 0) is 17.9 Å². The average Bonchev–Trinajstić information content (AvgIpc) is 3.07. The fraction of sp³-hybridized carbons (Fsp3) is 0.571. The lowest BCUT2D eigenvalue weighted by atomic mass is 10.2. The molecule has 1 N–H and O–H groups in total. The van der Waals surface area contributed by atoms with Gasteiger partial charge < -0.3 is 14.5 Å². The smallest absolute Gasteiger partial charge is 0.130 e. The lowest BCUT2D eigenvalue weighted by Crippen LogP contribution is -2.15. The van der Waals surface area contributed by atoms with Crippen LogP contribution in [-0.4, -0.2) is 12.6 Å². The van der Waals surface area contributed by atoms with Crippen LogP contribution in [0, 0.1) is 6.92 Å². The van der Waals surface area contributed by atoms with Crippen LogP contribution in [0.25, 0.3) is 0 Å². The van der Waals surface area contributed by atoms with Gasteiger partial charge >= 0.3 is 0 Å². The summed E-state index contributed by atoms with van der Waals surface area (Å²) in [6, 6.07) is 2.83. The van der Waals surface area contributed by atoms with Crippen molar-refractivity contribution in [3.8, 4) is 0 Å². The van der Waals surface area contributed by atoms with E-state index in [9.17, 15) is 0 Å². The van der Waals surface area contributed by atoms with Gasteiger partial charge in [-0.25, -0.2) is 0 Å². The lowest BCUT2D eigenvalue weighted by Gasteiger charge is -1.99. The molecule has 0 bridgehead atoms. The van der Waals surface area contributed by atoms with Crippen LogP contribution in [0.1, 0.15) is 36.8 Å². The molecule has 17 heavy (non-hydrogen) atoms. The van der Waals surface area contributed by atoms with Crippen LogP contribution in [0.5, 0.6) is 0 Å². The van der Waals surface area contributed by atoms with Gasteiger partial charge in [-0.2, -0.15) is 0 Å². The molecule has 0 spiro atoms. The Bertz CT molecular complexity index is 378. The highest BCUT2D eigenvalue weighted by Crippen LogP contribution is 2.21. The van der Waals surface area contributed by atoms with E-state index in [0.29, 0.717) is 13.2 Å². The number of hydrogen-bond donors (Lipinski definition) is 1. The highest BCUT2D eigenvalue weighted by Gasteiger charge is 2.20. The molecule has 94 valence electrons. The molecule has 1 aliphatic rings. The number of furan rings is 1. The summed E-state index contributed by atoms with van der Waals surface area (Å²) in [5, 5.41) is 3.49. The molecule has 0 atom stereocenters. The van der Waals surface area contributed by atoms with Crippen molar-refractivity contribution in [1.29, 1.82) is 0 Å². The van der Waals surface area contributed by atoms with Crippen molar-refractivity contribution in [2.24, 2.45) is 0 Å². The molecular weight excluding hydrogens is 214 g/mol. The van der Waals surface area contributed by atoms with Gasteiger partial charge in [0.25, 0.3) is 0 Å². The standard InChI is InChI=1S/C14H21NO2/c1-3-4-7-16-10-14-8-12(11(2)17-14)9-15-13-5-6-13/h3-4,8,13,15H,5-7,9-10H2,1-2H3. The number of allylic oxidation sites excluding steroid dienone is 1. The van der Waals surface area contributed by atoms with Crippen LogP contribution in [0.15, 0.2) is 22.6 Å². The normalized spacial score (nSPS) is 15.9. The fourth-order valence-corrected chi connectivity index (χ4v) is 1.70. The highest BCUT2D eigenvalue weighted by atomic mass is 16.5. The Morgan fingerprint density at radius 1 is 1.53 bits per heavy atom. The van der Waals surface area contributed by atoms with Crippen LogP contribution in [0.3, 0.4) is 0 Å². The van der Waals surface area contributed by atoms with E-state index in [0.717, 1.165) is 24.1 Å². The predicted molar refractivity (Wildman–Crippen MR) is 67.8 cm³/mol. The minimum atomic E-state index is 0.550. The summed E-state index contributed by atoms with van der Waals surface area (Å²) in [6.07, 6.45) is 6.61. The summed E-state index contributed by atoms with van der Waals surface area (Å²) in [7, 11) is 0. The molecule has 0 amide bonds. The van der Waals surface area contributed by atoms with E-state index in [-0.39, 0.29) is 0 Å². The number of rotatable bonds is 7. The molecular formula is C14H21NO2. The molecule has 0 aliphatic heterocycles. The lowest BCUT2D eigenvalue weighted by molar-refractivity contribution is 0.130. The second-order valence-electron chi connectivity index (χ2n) is 4.53. The molecule has 0 radical (unpaired) electrons. The van der Waals surface area contributed by atoms with Crippen molar-refractivity contribution >= 4 is 0 Å². The molecule has 1 aromatic heterocycles. The van der Waals surface area contributed by atoms with E-state index in [2.05, 4.69) is 11.4 Å². The first-order valence-corrected chi connectivity index (χ1v) is 6.30. The van der Waals surface area contributed by atoms with Crippen molar-refractivity contribution in [1.82, 2.24) is 5.32 Å². The predicted octanol–water partition coefficient (Wildman–Crippen LogP) is 2.93. The third kappa shape index (κ3) is 4.02. The Morgan fingerprint density at radius 2 is 2.35 bits per heavy atom. The van der Waals surface area contributed by atoms with Crippen molar-refractivity contribution < 1.29 is 9.15 Å². The second-order valence-corrected chi connectivity index (χ2v) is 4.53. The maximum absolute atomic E-state index is 5.66. The number of aryl methyl sites for hydroxylation is 1. The molecule has 3 heteroatoms. The monoisotopic (exact) mass is 235 g/mol. The van der Waals surface area contributed by atoms with Gasteiger partial charge in [0.1, 0.15) is 18.1 Å². The van der Waals surface area contributed by atoms with Gasteiger partial charge in [-0.3, -0.25) is 0 Å². The molecule has 3 nitrogen and oxygen atoms in total. The van der Waals surface area contributed by atoms with E-state index in [1.54, 1.807) is 0 Å². The Hall–Kier alpha value is -1.06. The third-order valence-corrected chi connectivity index (χ3v) is 2.92. The van der Waals surface area contributed by atoms with Crippen LogP contribution in [0.2, 0.25) is 0 Å². The summed E-state index contributed by atoms with van der Waals surface area (Å²) < 4.78 is 11.1. The molecule has 0 unspecified atom stereocenters. The zero-order valence-electron chi connectivity index (χ0n) is 10.7. The minimum Gasteiger partial charge on any atom is -0.464 e. The highest BCUT2D eigenvalue weighted by molar-refractivity contribution is 5.20. The molecule has 0 aromatic carbocycles. The SMILES string of the molecule is CC=CCOCc1cc(CNC2CC2)c(C)o1. The number of nitrogens with one attached hydrogen (secondary N) is 1. The van der Waals surface area contributed by atoms with Crippen molar-refractivity contribution in [3.05, 3.63) is 35.3 Å². The molecule has 0 saturated heterocycles. The Kier molecular flexibility index (Phi) is 4.40. The third-order valence-electron chi connectivity index (χ3n) is 2.92. The van der Waals surface area contributed by atoms with Crippen LogP contribution >= 0.6 is 0 Å². The average molecular weight is 235 g/mol. The van der Waals surface area contributed by atoms with Gasteiger partial charge in [-0.15, -0.1) is 0 Å². The first-order chi connectivity index (χ1) is 8.29. The van der Waals surface area contributed by atoms with Crippen LogP contribution < -0.4 is 5.32 Å². The zero-order valence-corrected chi connectivity index (χ0v) is 10.7. The minimum absolute atomic E-state index is 0.550. The van der Waals surface area contributed by atoms with Crippen molar-refractivity contribution in [3.63, 3.8) is 0 Å². The second kappa shape index (κ2) is 6.03. The summed E-state index contributed by atoms with van der Waals surface area (Å²) >= 11 is 0. The van der Waals surface area contributed by atoms with Crippen molar-refractivity contribution in [2.75, 3.05) is 6.61 Å². The topological polar surface area (TPSA) is 34.4 Å². The summed E-state index contributed by atoms with van der Waals surface area (Å²) in [4.78, 5) is 0. The van der Waals surface area contributed by atoms with Gasteiger partial charge in [-0.05, 0) is 32.8 Å². The summed E-state index contributed by atoms with van der Waals surface area (Å²) in [6.45, 7) is 6.11. The van der Waals surface area contributed by atoms with Gasteiger partial charge in [0, 0.05) is 18.2 Å². The number of hydrogen-bond acceptors (Lipinski definition) is 3. The molecule has 1 fully saturated rings. The molecule has 2 rings (SSSR count). The van der Waals surface area contributed by atoms with Gasteiger partial charge in [0.2, 0.25) is 0 Å².